The molecule has 0 saturated heterocycles. The second kappa shape index (κ2) is 2.48. The number of amidine groups is 1. The number of likely N-dealkylation sites (N-methyl/N-ethyl adjacent to an activating group) is 1. The maximum atomic E-state index is 5.63. The molecule has 1 aliphatic rings. The zero-order valence-corrected chi connectivity index (χ0v) is 6.31. The molecule has 56 valence electrons. The number of nitrogens with one attached hydrogen (secondary N) is 2. The lowest BCUT2D eigenvalue weighted by atomic mass is 10.5. The van der Waals surface area contributed by atoms with E-state index in [1.807, 2.05) is 0 Å². The average molecular weight is 161 g/mol. The highest BCUT2D eigenvalue weighted by Crippen LogP contribution is 2.07. The number of nitrogens with zero attached hydrogens (tertiary/aromatic N) is 1. The largest absolute Gasteiger partial charge is 0.373 e. The van der Waals surface area contributed by atoms with Gasteiger partial charge in [0.15, 0.2) is 0 Å². The van der Waals surface area contributed by atoms with E-state index in [4.69, 9.17) is 17.3 Å². The Morgan fingerprint density at radius 1 is 1.90 bits per heavy atom. The van der Waals surface area contributed by atoms with E-state index >= 15 is 0 Å². The van der Waals surface area contributed by atoms with E-state index in [9.17, 15) is 0 Å². The number of aliphatic imine (C=N–C) groups is 1. The Balaban J connectivity index is 2.75. The number of hydrogen-bond acceptors (Lipinski definition) is 4. The van der Waals surface area contributed by atoms with Crippen molar-refractivity contribution in [2.24, 2.45) is 10.7 Å². The normalized spacial score (nSPS) is 30.9. The minimum atomic E-state index is -1.19. The van der Waals surface area contributed by atoms with E-state index in [-0.39, 0.29) is 0 Å². The van der Waals surface area contributed by atoms with Gasteiger partial charge < -0.3 is 10.6 Å². The molecule has 4 nitrogen and oxygen atoms in total. The van der Waals surface area contributed by atoms with Crippen LogP contribution in [0.4, 0.5) is 0 Å². The molecule has 1 aliphatic heterocycles. The van der Waals surface area contributed by atoms with Crippen molar-refractivity contribution >= 4 is 17.4 Å². The van der Waals surface area contributed by atoms with E-state index in [1.165, 1.54) is 0 Å². The fourth-order valence-electron chi connectivity index (χ4n) is 0.622. The minimum Gasteiger partial charge on any atom is -0.373 e. The smallest absolute Gasteiger partial charge is 0.264 e. The van der Waals surface area contributed by atoms with E-state index in [0.717, 1.165) is 0 Å². The molecule has 0 aliphatic carbocycles. The first-order chi connectivity index (χ1) is 4.64. The second-order valence-electron chi connectivity index (χ2n) is 1.90. The Morgan fingerprint density at radius 2 is 2.60 bits per heavy atom. The fourth-order valence-corrected chi connectivity index (χ4v) is 0.776. The van der Waals surface area contributed by atoms with Crippen LogP contribution in [-0.2, 0) is 0 Å². The van der Waals surface area contributed by atoms with Crippen LogP contribution in [-0.4, -0.2) is 18.1 Å². The van der Waals surface area contributed by atoms with Crippen LogP contribution < -0.4 is 16.4 Å². The molecule has 0 spiro atoms. The third kappa shape index (κ3) is 1.62. The Hall–Kier alpha value is -0.740. The predicted molar refractivity (Wildman–Crippen MR) is 41.5 cm³/mol. The summed E-state index contributed by atoms with van der Waals surface area (Å²) in [5.41, 5.74) is 5.42. The molecule has 0 fully saturated rings. The Labute approximate surface area is 64.1 Å². The van der Waals surface area contributed by atoms with Gasteiger partial charge in [-0.25, -0.2) is 4.99 Å². The molecule has 0 aromatic rings. The van der Waals surface area contributed by atoms with Crippen molar-refractivity contribution in [3.8, 4) is 0 Å². The summed E-state index contributed by atoms with van der Waals surface area (Å²) in [5, 5.41) is 4.29. The third-order valence-corrected chi connectivity index (χ3v) is 1.26. The monoisotopic (exact) mass is 160 g/mol. The lowest BCUT2D eigenvalue weighted by molar-refractivity contribution is 0.559. The Kier molecular flexibility index (Phi) is 1.82. The van der Waals surface area contributed by atoms with Gasteiger partial charge in [-0.15, -0.1) is 0 Å². The topological polar surface area (TPSA) is 62.4 Å². The number of alkyl halides is 1. The molecule has 0 aromatic heterocycles. The summed E-state index contributed by atoms with van der Waals surface area (Å²) >= 11 is 5.63. The van der Waals surface area contributed by atoms with Gasteiger partial charge in [0.1, 0.15) is 5.84 Å². The van der Waals surface area contributed by atoms with Crippen LogP contribution in [0.3, 0.4) is 0 Å². The van der Waals surface area contributed by atoms with E-state index in [0.29, 0.717) is 5.84 Å². The van der Waals surface area contributed by atoms with Crippen molar-refractivity contribution < 1.29 is 0 Å². The molecular weight excluding hydrogens is 152 g/mol. The molecule has 0 bridgehead atoms. The summed E-state index contributed by atoms with van der Waals surface area (Å²) in [6.07, 6.45) is 3.39. The first-order valence-corrected chi connectivity index (χ1v) is 3.21. The number of hydrogen-bond donors (Lipinski definition) is 3. The molecule has 5 heteroatoms. The number of rotatable bonds is 0. The summed E-state index contributed by atoms with van der Waals surface area (Å²) < 4.78 is 0. The summed E-state index contributed by atoms with van der Waals surface area (Å²) in [7, 11) is 1.75. The van der Waals surface area contributed by atoms with Crippen LogP contribution in [0.25, 0.3) is 0 Å². The summed E-state index contributed by atoms with van der Waals surface area (Å²) in [6, 6.07) is 0. The van der Waals surface area contributed by atoms with Crippen molar-refractivity contribution in [3.05, 3.63) is 12.3 Å². The SMILES string of the molecule is CNC1=NC(N)(Cl)NC=C1. The number of halogens is 1. The highest BCUT2D eigenvalue weighted by atomic mass is 35.5. The third-order valence-electron chi connectivity index (χ3n) is 1.07. The lowest BCUT2D eigenvalue weighted by Crippen LogP contribution is -2.47. The molecule has 1 rings (SSSR count). The van der Waals surface area contributed by atoms with Gasteiger partial charge in [-0.2, -0.15) is 0 Å². The van der Waals surface area contributed by atoms with Crippen molar-refractivity contribution in [2.45, 2.75) is 5.25 Å². The van der Waals surface area contributed by atoms with Crippen LogP contribution >= 0.6 is 11.6 Å². The summed E-state index contributed by atoms with van der Waals surface area (Å²) in [5.74, 6) is 0.663. The zero-order chi connectivity index (χ0) is 7.61. The van der Waals surface area contributed by atoms with Crippen LogP contribution in [0.15, 0.2) is 17.3 Å². The maximum Gasteiger partial charge on any atom is 0.264 e. The molecular formula is C5H9ClN4. The standard InChI is InChI=1S/C5H9ClN4/c1-8-4-2-3-9-5(6,7)10-4/h2-3,9H,7H2,1H3,(H,8,10). The Morgan fingerprint density at radius 3 is 3.00 bits per heavy atom. The van der Waals surface area contributed by atoms with Gasteiger partial charge >= 0.3 is 0 Å². The first-order valence-electron chi connectivity index (χ1n) is 2.84. The van der Waals surface area contributed by atoms with Crippen molar-refractivity contribution in [2.75, 3.05) is 7.05 Å². The van der Waals surface area contributed by atoms with E-state index in [1.54, 1.807) is 19.3 Å². The molecule has 1 heterocycles. The quantitative estimate of drug-likeness (QED) is 0.332. The van der Waals surface area contributed by atoms with Crippen LogP contribution in [0.5, 0.6) is 0 Å². The molecule has 0 aromatic carbocycles. The van der Waals surface area contributed by atoms with Gasteiger partial charge in [-0.05, 0) is 6.08 Å². The molecule has 0 amide bonds. The Bertz CT molecular complexity index is 184. The van der Waals surface area contributed by atoms with Crippen molar-refractivity contribution in [1.82, 2.24) is 10.6 Å². The zero-order valence-electron chi connectivity index (χ0n) is 5.56. The summed E-state index contributed by atoms with van der Waals surface area (Å²) in [4.78, 5) is 3.88. The van der Waals surface area contributed by atoms with Gasteiger partial charge in [0, 0.05) is 13.2 Å². The van der Waals surface area contributed by atoms with E-state index in [2.05, 4.69) is 15.6 Å². The average Bonchev–Trinajstić information content (AvgIpc) is 1.86. The van der Waals surface area contributed by atoms with Crippen molar-refractivity contribution in [3.63, 3.8) is 0 Å². The lowest BCUT2D eigenvalue weighted by Gasteiger charge is -2.21. The maximum absolute atomic E-state index is 5.63. The van der Waals surface area contributed by atoms with Gasteiger partial charge in [0.2, 0.25) is 0 Å². The van der Waals surface area contributed by atoms with Gasteiger partial charge in [0.25, 0.3) is 5.25 Å². The first kappa shape index (κ1) is 7.37. The van der Waals surface area contributed by atoms with Gasteiger partial charge in [-0.1, -0.05) is 11.6 Å². The predicted octanol–water partition coefficient (Wildman–Crippen LogP) is -0.470. The fraction of sp³-hybridized carbons (Fsp3) is 0.400. The van der Waals surface area contributed by atoms with Gasteiger partial charge in [-0.3, -0.25) is 5.73 Å². The highest BCUT2D eigenvalue weighted by Gasteiger charge is 2.19. The van der Waals surface area contributed by atoms with Gasteiger partial charge in [0.05, 0.1) is 0 Å². The van der Waals surface area contributed by atoms with Crippen LogP contribution in [0, 0.1) is 0 Å². The summed E-state index contributed by atoms with van der Waals surface area (Å²) in [6.45, 7) is 0. The van der Waals surface area contributed by atoms with E-state index < -0.39 is 5.25 Å². The molecule has 0 radical (unpaired) electrons. The number of nitrogens with two attached hydrogens (primary N) is 1. The highest BCUT2D eigenvalue weighted by molar-refractivity contribution is 6.24. The van der Waals surface area contributed by atoms with Crippen LogP contribution in [0.2, 0.25) is 0 Å². The molecule has 1 unspecified atom stereocenters. The minimum absolute atomic E-state index is 0.663. The molecule has 0 saturated carbocycles. The molecule has 1 atom stereocenters. The molecule has 4 N–H and O–H groups in total. The molecule has 10 heavy (non-hydrogen) atoms. The van der Waals surface area contributed by atoms with Crippen molar-refractivity contribution in [1.29, 1.82) is 0 Å². The van der Waals surface area contributed by atoms with Crippen LogP contribution in [0.1, 0.15) is 0 Å². The second-order valence-corrected chi connectivity index (χ2v) is 2.47.